The summed E-state index contributed by atoms with van der Waals surface area (Å²) in [7, 11) is 1.87. The third-order valence-corrected chi connectivity index (χ3v) is 5.91. The zero-order valence-corrected chi connectivity index (χ0v) is 19.6. The third kappa shape index (κ3) is 5.89. The molecule has 0 saturated carbocycles. The number of nitrogens with one attached hydrogen (secondary N) is 2. The van der Waals surface area contributed by atoms with Crippen molar-refractivity contribution in [2.45, 2.75) is 25.8 Å². The number of allylic oxidation sites excluding steroid dienone is 4. The lowest BCUT2D eigenvalue weighted by Crippen LogP contribution is -2.34. The van der Waals surface area contributed by atoms with Crippen LogP contribution >= 0.6 is 0 Å². The molecule has 2 N–H and O–H groups in total. The van der Waals surface area contributed by atoms with Crippen LogP contribution in [0.15, 0.2) is 83.3 Å². The first-order valence-corrected chi connectivity index (χ1v) is 11.5. The molecule has 2 aromatic rings. The van der Waals surface area contributed by atoms with Gasteiger partial charge in [-0.1, -0.05) is 49.1 Å². The highest BCUT2D eigenvalue weighted by atomic mass is 19.3. The van der Waals surface area contributed by atoms with Gasteiger partial charge in [-0.25, -0.2) is 13.2 Å². The molecule has 35 heavy (non-hydrogen) atoms. The zero-order valence-electron chi connectivity index (χ0n) is 19.6. The molecule has 1 aliphatic carbocycles. The normalized spacial score (nSPS) is 14.7. The molecule has 1 heterocycles. The lowest BCUT2D eigenvalue weighted by Gasteiger charge is -2.28. The van der Waals surface area contributed by atoms with Gasteiger partial charge in [-0.05, 0) is 42.8 Å². The van der Waals surface area contributed by atoms with Crippen LogP contribution in [0.3, 0.4) is 0 Å². The molecule has 5 nitrogen and oxygen atoms in total. The molecule has 0 bridgehead atoms. The van der Waals surface area contributed by atoms with Gasteiger partial charge in [-0.2, -0.15) is 10.2 Å². The second-order valence-corrected chi connectivity index (χ2v) is 8.33. The van der Waals surface area contributed by atoms with Crippen molar-refractivity contribution in [2.24, 2.45) is 10.2 Å². The second kappa shape index (κ2) is 11.2. The van der Waals surface area contributed by atoms with Crippen LogP contribution in [0.25, 0.3) is 5.57 Å². The maximum atomic E-state index is 15.2. The van der Waals surface area contributed by atoms with Gasteiger partial charge in [0.1, 0.15) is 11.5 Å². The van der Waals surface area contributed by atoms with Gasteiger partial charge in [0.2, 0.25) is 0 Å². The highest BCUT2D eigenvalue weighted by molar-refractivity contribution is 6.15. The topological polar surface area (TPSA) is 52.0 Å². The molecular formula is C27H28F3N5. The summed E-state index contributed by atoms with van der Waals surface area (Å²) in [6, 6.07) is 12.7. The Hall–Kier alpha value is -3.65. The van der Waals surface area contributed by atoms with E-state index in [1.165, 1.54) is 6.07 Å². The van der Waals surface area contributed by atoms with Crippen molar-refractivity contribution in [1.82, 2.24) is 10.6 Å². The van der Waals surface area contributed by atoms with E-state index >= 15 is 4.39 Å². The number of rotatable bonds is 11. The molecule has 0 aromatic heterocycles. The van der Waals surface area contributed by atoms with Gasteiger partial charge >= 0.3 is 0 Å². The number of hydrogen-bond donors (Lipinski definition) is 2. The van der Waals surface area contributed by atoms with Gasteiger partial charge < -0.3 is 15.5 Å². The highest BCUT2D eigenvalue weighted by Gasteiger charge is 2.23. The van der Waals surface area contributed by atoms with E-state index in [-0.39, 0.29) is 18.7 Å². The molecule has 0 spiro atoms. The zero-order chi connectivity index (χ0) is 24.8. The molecule has 0 atom stereocenters. The predicted molar refractivity (Wildman–Crippen MR) is 136 cm³/mol. The SMILES string of the molecule is C=C(NCCNC)N(Cc1ccc(C2=NN=C(C(F)F)C2)cc1F)c1cccc(C2=CCC=C2)c1. The van der Waals surface area contributed by atoms with Gasteiger partial charge in [0.25, 0.3) is 6.43 Å². The van der Waals surface area contributed by atoms with Crippen molar-refractivity contribution in [2.75, 3.05) is 25.0 Å². The fraction of sp³-hybridized carbons (Fsp3) is 0.259. The fourth-order valence-corrected chi connectivity index (χ4v) is 3.97. The summed E-state index contributed by atoms with van der Waals surface area (Å²) in [4.78, 5) is 1.93. The Kier molecular flexibility index (Phi) is 7.82. The van der Waals surface area contributed by atoms with Crippen molar-refractivity contribution in [3.8, 4) is 0 Å². The number of anilines is 1. The molecule has 0 radical (unpaired) electrons. The van der Waals surface area contributed by atoms with Crippen molar-refractivity contribution < 1.29 is 13.2 Å². The monoisotopic (exact) mass is 479 g/mol. The van der Waals surface area contributed by atoms with Crippen LogP contribution in [0.2, 0.25) is 0 Å². The molecule has 1 aliphatic heterocycles. The number of alkyl halides is 2. The summed E-state index contributed by atoms with van der Waals surface area (Å²) in [5.74, 6) is 0.202. The Bertz CT molecular complexity index is 1210. The minimum Gasteiger partial charge on any atom is -0.371 e. The maximum Gasteiger partial charge on any atom is 0.278 e. The number of halogens is 3. The van der Waals surface area contributed by atoms with E-state index < -0.39 is 12.2 Å². The summed E-state index contributed by atoms with van der Waals surface area (Å²) in [5, 5.41) is 13.7. The van der Waals surface area contributed by atoms with Crippen molar-refractivity contribution >= 4 is 22.7 Å². The average Bonchev–Trinajstić information content (AvgIpc) is 3.56. The fourth-order valence-electron chi connectivity index (χ4n) is 3.97. The van der Waals surface area contributed by atoms with Crippen LogP contribution in [0.1, 0.15) is 29.5 Å². The summed E-state index contributed by atoms with van der Waals surface area (Å²) < 4.78 is 40.9. The van der Waals surface area contributed by atoms with Crippen LogP contribution in [-0.4, -0.2) is 38.0 Å². The molecule has 8 heteroatoms. The molecule has 182 valence electrons. The smallest absolute Gasteiger partial charge is 0.278 e. The van der Waals surface area contributed by atoms with Crippen LogP contribution in [0.5, 0.6) is 0 Å². The largest absolute Gasteiger partial charge is 0.371 e. The molecule has 0 fully saturated rings. The quantitative estimate of drug-likeness (QED) is 0.432. The van der Waals surface area contributed by atoms with Crippen LogP contribution in [0, 0.1) is 5.82 Å². The average molecular weight is 480 g/mol. The first-order valence-electron chi connectivity index (χ1n) is 11.5. The van der Waals surface area contributed by atoms with Gasteiger partial charge in [-0.15, -0.1) is 0 Å². The minimum absolute atomic E-state index is 0.0775. The number of nitrogens with zero attached hydrogens (tertiary/aromatic N) is 3. The molecule has 0 unspecified atom stereocenters. The lowest BCUT2D eigenvalue weighted by molar-refractivity contribution is 0.224. The summed E-state index contributed by atoms with van der Waals surface area (Å²) in [6.45, 7) is 5.84. The van der Waals surface area contributed by atoms with Crippen LogP contribution in [-0.2, 0) is 6.54 Å². The molecule has 0 amide bonds. The summed E-state index contributed by atoms with van der Waals surface area (Å²) >= 11 is 0. The van der Waals surface area contributed by atoms with E-state index in [1.54, 1.807) is 12.1 Å². The molecule has 4 rings (SSSR count). The number of benzene rings is 2. The standard InChI is InChI=1S/C27H28F3N5/c1-18(32-13-12-31-2)35(23-9-5-8-20(14-23)19-6-3-4-7-19)17-22-11-10-21(15-24(22)28)25-16-26(27(29)30)34-33-25/h3,5-11,14-15,27,31-32H,1,4,12-13,16-17H2,2H3. The van der Waals surface area contributed by atoms with E-state index in [0.717, 1.165) is 29.8 Å². The van der Waals surface area contributed by atoms with E-state index in [1.807, 2.05) is 30.1 Å². The molecule has 2 aliphatic rings. The molecular weight excluding hydrogens is 451 g/mol. The molecule has 2 aromatic carbocycles. The minimum atomic E-state index is -2.67. The van der Waals surface area contributed by atoms with Gasteiger partial charge in [0.05, 0.1) is 18.1 Å². The summed E-state index contributed by atoms with van der Waals surface area (Å²) in [6.07, 6.45) is 4.54. The first-order chi connectivity index (χ1) is 17.0. The third-order valence-electron chi connectivity index (χ3n) is 5.91. The number of likely N-dealkylation sites (N-methyl/N-ethyl adjacent to an activating group) is 1. The van der Waals surface area contributed by atoms with Crippen LogP contribution < -0.4 is 15.5 Å². The van der Waals surface area contributed by atoms with E-state index in [4.69, 9.17) is 0 Å². The van der Waals surface area contributed by atoms with E-state index in [2.05, 4.69) is 51.7 Å². The van der Waals surface area contributed by atoms with Crippen molar-refractivity contribution in [3.63, 3.8) is 0 Å². The Morgan fingerprint density at radius 2 is 1.97 bits per heavy atom. The van der Waals surface area contributed by atoms with Gasteiger partial charge in [0, 0.05) is 36.3 Å². The van der Waals surface area contributed by atoms with Crippen LogP contribution in [0.4, 0.5) is 18.9 Å². The van der Waals surface area contributed by atoms with Gasteiger partial charge in [-0.3, -0.25) is 0 Å². The van der Waals surface area contributed by atoms with E-state index in [0.29, 0.717) is 29.2 Å². The molecule has 0 saturated heterocycles. The predicted octanol–water partition coefficient (Wildman–Crippen LogP) is 5.27. The Labute approximate surface area is 203 Å². The van der Waals surface area contributed by atoms with Crippen molar-refractivity contribution in [1.29, 1.82) is 0 Å². The first kappa shape index (κ1) is 24.5. The Morgan fingerprint density at radius 1 is 1.11 bits per heavy atom. The number of hydrogen-bond acceptors (Lipinski definition) is 5. The summed E-state index contributed by atoms with van der Waals surface area (Å²) in [5.41, 5.74) is 4.05. The van der Waals surface area contributed by atoms with Gasteiger partial charge in [0.15, 0.2) is 0 Å². The second-order valence-electron chi connectivity index (χ2n) is 8.33. The Morgan fingerprint density at radius 3 is 2.66 bits per heavy atom. The highest BCUT2D eigenvalue weighted by Crippen LogP contribution is 2.28. The maximum absolute atomic E-state index is 15.2. The lowest BCUT2D eigenvalue weighted by atomic mass is 10.0. The Balaban J connectivity index is 1.57. The van der Waals surface area contributed by atoms with Crippen molar-refractivity contribution in [3.05, 3.63) is 95.6 Å². The van der Waals surface area contributed by atoms with E-state index in [9.17, 15) is 8.78 Å².